The third kappa shape index (κ3) is 3.85. The van der Waals surface area contributed by atoms with E-state index in [0.29, 0.717) is 0 Å². The molecule has 0 heterocycles. The van der Waals surface area contributed by atoms with E-state index in [9.17, 15) is 4.79 Å². The van der Waals surface area contributed by atoms with Crippen LogP contribution in [-0.4, -0.2) is 11.4 Å². The van der Waals surface area contributed by atoms with Crippen LogP contribution < -0.4 is 11.1 Å². The second-order valence-electron chi connectivity index (χ2n) is 7.40. The Balaban J connectivity index is 2.18. The lowest BCUT2D eigenvalue weighted by Gasteiger charge is -2.37. The van der Waals surface area contributed by atoms with E-state index in [1.165, 1.54) is 6.42 Å². The molecule has 1 amide bonds. The van der Waals surface area contributed by atoms with Crippen molar-refractivity contribution in [3.63, 3.8) is 0 Å². The summed E-state index contributed by atoms with van der Waals surface area (Å²) in [4.78, 5) is 12.7. The second kappa shape index (κ2) is 6.18. The smallest absolute Gasteiger partial charge is 0.240 e. The number of hydrogen-bond donors (Lipinski definition) is 2. The van der Waals surface area contributed by atoms with Gasteiger partial charge in [-0.25, -0.2) is 0 Å². The molecular weight excluding hydrogens is 260 g/mol. The zero-order chi connectivity index (χ0) is 15.5. The van der Waals surface area contributed by atoms with Crippen molar-refractivity contribution in [3.8, 4) is 0 Å². The molecular formula is C18H28N2O. The van der Waals surface area contributed by atoms with Crippen LogP contribution in [0.2, 0.25) is 0 Å². The van der Waals surface area contributed by atoms with Gasteiger partial charge in [-0.15, -0.1) is 0 Å². The molecule has 3 heteroatoms. The van der Waals surface area contributed by atoms with E-state index in [1.54, 1.807) is 0 Å². The summed E-state index contributed by atoms with van der Waals surface area (Å²) >= 11 is 0. The van der Waals surface area contributed by atoms with Gasteiger partial charge < -0.3 is 11.1 Å². The normalized spacial score (nSPS) is 19.8. The number of nitrogens with one attached hydrogen (secondary N) is 1. The van der Waals surface area contributed by atoms with Crippen molar-refractivity contribution in [1.29, 1.82) is 0 Å². The largest absolute Gasteiger partial charge is 0.347 e. The summed E-state index contributed by atoms with van der Waals surface area (Å²) in [6.07, 6.45) is 4.88. The van der Waals surface area contributed by atoms with Crippen LogP contribution in [0.15, 0.2) is 30.3 Å². The van der Waals surface area contributed by atoms with E-state index in [4.69, 9.17) is 5.73 Å². The number of hydrogen-bond acceptors (Lipinski definition) is 2. The minimum Gasteiger partial charge on any atom is -0.347 e. The molecule has 2 rings (SSSR count). The molecule has 1 fully saturated rings. The zero-order valence-corrected chi connectivity index (χ0v) is 13.5. The van der Waals surface area contributed by atoms with Gasteiger partial charge in [0.05, 0.1) is 11.6 Å². The van der Waals surface area contributed by atoms with E-state index < -0.39 is 5.54 Å². The highest BCUT2D eigenvalue weighted by molar-refractivity contribution is 5.86. The number of carbonyl (C=O) groups is 1. The van der Waals surface area contributed by atoms with Crippen molar-refractivity contribution >= 4 is 5.91 Å². The Labute approximate surface area is 128 Å². The molecule has 1 aromatic carbocycles. The molecule has 1 aliphatic rings. The Morgan fingerprint density at radius 2 is 1.71 bits per heavy atom. The highest BCUT2D eigenvalue weighted by Gasteiger charge is 2.38. The summed E-state index contributed by atoms with van der Waals surface area (Å²) in [6, 6.07) is 10.1. The van der Waals surface area contributed by atoms with Crippen LogP contribution in [-0.2, 0) is 4.79 Å². The van der Waals surface area contributed by atoms with Gasteiger partial charge in [0.2, 0.25) is 5.91 Å². The molecule has 1 aliphatic carbocycles. The maximum absolute atomic E-state index is 12.7. The fourth-order valence-electron chi connectivity index (χ4n) is 3.13. The maximum atomic E-state index is 12.7. The lowest BCUT2D eigenvalue weighted by Crippen LogP contribution is -2.56. The van der Waals surface area contributed by atoms with Crippen LogP contribution in [0.5, 0.6) is 0 Å². The average Bonchev–Trinajstić information content (AvgIpc) is 2.45. The molecule has 3 N–H and O–H groups in total. The quantitative estimate of drug-likeness (QED) is 0.893. The van der Waals surface area contributed by atoms with Crippen LogP contribution in [0.1, 0.15) is 64.5 Å². The van der Waals surface area contributed by atoms with Crippen LogP contribution in [0.3, 0.4) is 0 Å². The molecule has 0 spiro atoms. The van der Waals surface area contributed by atoms with Crippen molar-refractivity contribution < 1.29 is 4.79 Å². The highest BCUT2D eigenvalue weighted by atomic mass is 16.2. The van der Waals surface area contributed by atoms with E-state index in [2.05, 4.69) is 38.2 Å². The van der Waals surface area contributed by atoms with Crippen LogP contribution >= 0.6 is 0 Å². The Kier molecular flexibility index (Phi) is 4.72. The minimum atomic E-state index is -0.684. The molecule has 1 aromatic rings. The lowest BCUT2D eigenvalue weighted by atomic mass is 9.79. The Bertz CT molecular complexity index is 470. The van der Waals surface area contributed by atoms with Gasteiger partial charge in [0, 0.05) is 0 Å². The first-order valence-corrected chi connectivity index (χ1v) is 7.98. The fourth-order valence-corrected chi connectivity index (χ4v) is 3.13. The summed E-state index contributed by atoms with van der Waals surface area (Å²) < 4.78 is 0. The number of carbonyl (C=O) groups excluding carboxylic acids is 1. The van der Waals surface area contributed by atoms with E-state index in [-0.39, 0.29) is 17.4 Å². The fraction of sp³-hybridized carbons (Fsp3) is 0.611. The third-order valence-corrected chi connectivity index (χ3v) is 4.47. The summed E-state index contributed by atoms with van der Waals surface area (Å²) in [6.45, 7) is 6.44. The summed E-state index contributed by atoms with van der Waals surface area (Å²) in [5.74, 6) is 0.00554. The zero-order valence-electron chi connectivity index (χ0n) is 13.5. The first kappa shape index (κ1) is 16.0. The van der Waals surface area contributed by atoms with Crippen molar-refractivity contribution in [2.45, 2.75) is 64.5 Å². The SMILES string of the molecule is CC(C)(C)C(NC(=O)C1(N)CCCCC1)c1ccccc1. The molecule has 116 valence electrons. The van der Waals surface area contributed by atoms with Gasteiger partial charge in [-0.2, -0.15) is 0 Å². The highest BCUT2D eigenvalue weighted by Crippen LogP contribution is 2.34. The number of amides is 1. The topological polar surface area (TPSA) is 55.1 Å². The Morgan fingerprint density at radius 3 is 2.24 bits per heavy atom. The van der Waals surface area contributed by atoms with E-state index in [1.807, 2.05) is 18.2 Å². The van der Waals surface area contributed by atoms with Crippen LogP contribution in [0.25, 0.3) is 0 Å². The van der Waals surface area contributed by atoms with Gasteiger partial charge in [-0.1, -0.05) is 70.4 Å². The first-order chi connectivity index (χ1) is 9.83. The van der Waals surface area contributed by atoms with Gasteiger partial charge >= 0.3 is 0 Å². The number of nitrogens with two attached hydrogens (primary N) is 1. The van der Waals surface area contributed by atoms with E-state index >= 15 is 0 Å². The summed E-state index contributed by atoms with van der Waals surface area (Å²) in [5, 5.41) is 3.22. The molecule has 3 nitrogen and oxygen atoms in total. The van der Waals surface area contributed by atoms with Crippen LogP contribution in [0, 0.1) is 5.41 Å². The van der Waals surface area contributed by atoms with E-state index in [0.717, 1.165) is 31.2 Å². The molecule has 21 heavy (non-hydrogen) atoms. The second-order valence-corrected chi connectivity index (χ2v) is 7.40. The monoisotopic (exact) mass is 288 g/mol. The van der Waals surface area contributed by atoms with Crippen LogP contribution in [0.4, 0.5) is 0 Å². The molecule has 1 unspecified atom stereocenters. The van der Waals surface area contributed by atoms with Gasteiger partial charge in [0.15, 0.2) is 0 Å². The average molecular weight is 288 g/mol. The van der Waals surface area contributed by atoms with Crippen molar-refractivity contribution in [1.82, 2.24) is 5.32 Å². The maximum Gasteiger partial charge on any atom is 0.240 e. The molecule has 0 bridgehead atoms. The standard InChI is InChI=1S/C18H28N2O/c1-17(2,3)15(14-10-6-4-7-11-14)20-16(21)18(19)12-8-5-9-13-18/h4,6-7,10-11,15H,5,8-9,12-13,19H2,1-3H3,(H,20,21). The number of benzene rings is 1. The first-order valence-electron chi connectivity index (χ1n) is 7.98. The summed E-state index contributed by atoms with van der Waals surface area (Å²) in [7, 11) is 0. The predicted molar refractivity (Wildman–Crippen MR) is 86.8 cm³/mol. The molecule has 0 aliphatic heterocycles. The third-order valence-electron chi connectivity index (χ3n) is 4.47. The molecule has 0 aromatic heterocycles. The Morgan fingerprint density at radius 1 is 1.14 bits per heavy atom. The van der Waals surface area contributed by atoms with Gasteiger partial charge in [-0.3, -0.25) is 4.79 Å². The number of rotatable bonds is 3. The molecule has 0 radical (unpaired) electrons. The summed E-state index contributed by atoms with van der Waals surface area (Å²) in [5.41, 5.74) is 6.76. The van der Waals surface area contributed by atoms with Gasteiger partial charge in [-0.05, 0) is 23.8 Å². The van der Waals surface area contributed by atoms with Gasteiger partial charge in [0.25, 0.3) is 0 Å². The molecule has 0 saturated heterocycles. The predicted octanol–water partition coefficient (Wildman–Crippen LogP) is 3.55. The lowest BCUT2D eigenvalue weighted by molar-refractivity contribution is -0.129. The molecule has 1 atom stereocenters. The van der Waals surface area contributed by atoms with Crippen molar-refractivity contribution in [3.05, 3.63) is 35.9 Å². The van der Waals surface area contributed by atoms with Crippen molar-refractivity contribution in [2.75, 3.05) is 0 Å². The Hall–Kier alpha value is -1.35. The minimum absolute atomic E-state index is 0.00554. The van der Waals surface area contributed by atoms with Gasteiger partial charge in [0.1, 0.15) is 0 Å². The van der Waals surface area contributed by atoms with Crippen molar-refractivity contribution in [2.24, 2.45) is 11.1 Å². The molecule has 1 saturated carbocycles.